The van der Waals surface area contributed by atoms with E-state index in [4.69, 9.17) is 9.15 Å². The molecule has 1 aromatic heterocycles. The molecular formula is C12H11FO3. The summed E-state index contributed by atoms with van der Waals surface area (Å²) in [7, 11) is 0. The summed E-state index contributed by atoms with van der Waals surface area (Å²) in [6.45, 7) is 3.69. The quantitative estimate of drug-likeness (QED) is 0.733. The summed E-state index contributed by atoms with van der Waals surface area (Å²) < 4.78 is 23.2. The molecule has 0 spiro atoms. The number of fused-ring (bicyclic) bond motifs is 1. The number of hydrogen-bond donors (Lipinski definition) is 0. The number of aryl methyl sites for hydroxylation is 1. The Bertz CT molecular complexity index is 542. The van der Waals surface area contributed by atoms with Crippen LogP contribution in [0.2, 0.25) is 0 Å². The molecule has 0 saturated carbocycles. The Hall–Kier alpha value is -1.84. The van der Waals surface area contributed by atoms with Crippen LogP contribution in [0.3, 0.4) is 0 Å². The monoisotopic (exact) mass is 222 g/mol. The predicted octanol–water partition coefficient (Wildman–Crippen LogP) is 3.06. The Balaban J connectivity index is 2.60. The number of esters is 1. The van der Waals surface area contributed by atoms with Crippen LogP contribution in [0, 0.1) is 12.7 Å². The summed E-state index contributed by atoms with van der Waals surface area (Å²) in [4.78, 5) is 11.6. The second kappa shape index (κ2) is 3.96. The van der Waals surface area contributed by atoms with Gasteiger partial charge in [0, 0.05) is 11.5 Å². The third-order valence-electron chi connectivity index (χ3n) is 2.31. The van der Waals surface area contributed by atoms with E-state index in [1.165, 1.54) is 18.2 Å². The average molecular weight is 222 g/mol. The lowest BCUT2D eigenvalue weighted by Crippen LogP contribution is -2.05. The number of furan rings is 1. The molecule has 0 fully saturated rings. The van der Waals surface area contributed by atoms with Crippen LogP contribution >= 0.6 is 0 Å². The summed E-state index contributed by atoms with van der Waals surface area (Å²) in [6.07, 6.45) is 0. The van der Waals surface area contributed by atoms with Crippen LogP contribution in [0.5, 0.6) is 0 Å². The maximum absolute atomic E-state index is 13.0. The Kier molecular flexibility index (Phi) is 2.64. The van der Waals surface area contributed by atoms with E-state index in [0.29, 0.717) is 28.9 Å². The Morgan fingerprint density at radius 2 is 2.25 bits per heavy atom. The first kappa shape index (κ1) is 10.7. The third-order valence-corrected chi connectivity index (χ3v) is 2.31. The molecule has 84 valence electrons. The van der Waals surface area contributed by atoms with Crippen molar-refractivity contribution in [2.75, 3.05) is 6.61 Å². The zero-order chi connectivity index (χ0) is 11.7. The lowest BCUT2D eigenvalue weighted by Gasteiger charge is -1.99. The van der Waals surface area contributed by atoms with Crippen LogP contribution in [0.4, 0.5) is 4.39 Å². The molecule has 0 aliphatic heterocycles. The largest absolute Gasteiger partial charge is 0.462 e. The van der Waals surface area contributed by atoms with Crippen molar-refractivity contribution < 1.29 is 18.3 Å². The SMILES string of the molecule is CCOC(=O)c1c(C)oc2cc(F)ccc12. The zero-order valence-electron chi connectivity index (χ0n) is 9.04. The molecule has 2 aromatic rings. The van der Waals surface area contributed by atoms with Gasteiger partial charge in [0.2, 0.25) is 0 Å². The van der Waals surface area contributed by atoms with Crippen LogP contribution in [0.1, 0.15) is 23.0 Å². The lowest BCUT2D eigenvalue weighted by molar-refractivity contribution is 0.0526. The molecular weight excluding hydrogens is 211 g/mol. The summed E-state index contributed by atoms with van der Waals surface area (Å²) in [5.41, 5.74) is 0.734. The van der Waals surface area contributed by atoms with Gasteiger partial charge in [-0.2, -0.15) is 0 Å². The summed E-state index contributed by atoms with van der Waals surface area (Å²) in [5.74, 6) is -0.388. The van der Waals surface area contributed by atoms with Crippen molar-refractivity contribution >= 4 is 16.9 Å². The van der Waals surface area contributed by atoms with Gasteiger partial charge in [-0.05, 0) is 26.0 Å². The highest BCUT2D eigenvalue weighted by molar-refractivity contribution is 6.04. The molecule has 0 amide bonds. The van der Waals surface area contributed by atoms with Crippen molar-refractivity contribution in [2.45, 2.75) is 13.8 Å². The molecule has 3 nitrogen and oxygen atoms in total. The summed E-state index contributed by atoms with van der Waals surface area (Å²) >= 11 is 0. The van der Waals surface area contributed by atoms with Crippen LogP contribution in [-0.4, -0.2) is 12.6 Å². The normalized spacial score (nSPS) is 10.7. The van der Waals surface area contributed by atoms with Gasteiger partial charge in [0.15, 0.2) is 0 Å². The van der Waals surface area contributed by atoms with Gasteiger partial charge in [-0.1, -0.05) is 0 Å². The molecule has 1 heterocycles. The molecule has 0 bridgehead atoms. The van der Waals surface area contributed by atoms with Gasteiger partial charge >= 0.3 is 5.97 Å². The first-order valence-corrected chi connectivity index (χ1v) is 4.99. The lowest BCUT2D eigenvalue weighted by atomic mass is 10.1. The van der Waals surface area contributed by atoms with E-state index in [2.05, 4.69) is 0 Å². The Morgan fingerprint density at radius 3 is 2.94 bits per heavy atom. The molecule has 0 aliphatic rings. The van der Waals surface area contributed by atoms with Crippen molar-refractivity contribution in [3.05, 3.63) is 35.3 Å². The standard InChI is InChI=1S/C12H11FO3/c1-3-15-12(14)11-7(2)16-10-6-8(13)4-5-9(10)11/h4-6H,3H2,1-2H3. The number of carbonyl (C=O) groups is 1. The van der Waals surface area contributed by atoms with Crippen molar-refractivity contribution in [1.29, 1.82) is 0 Å². The van der Waals surface area contributed by atoms with Gasteiger partial charge in [-0.15, -0.1) is 0 Å². The number of rotatable bonds is 2. The van der Waals surface area contributed by atoms with E-state index in [1.54, 1.807) is 13.8 Å². The Morgan fingerprint density at radius 1 is 1.50 bits per heavy atom. The fourth-order valence-corrected chi connectivity index (χ4v) is 1.65. The van der Waals surface area contributed by atoms with Crippen LogP contribution < -0.4 is 0 Å². The highest BCUT2D eigenvalue weighted by atomic mass is 19.1. The van der Waals surface area contributed by atoms with Crippen molar-refractivity contribution in [1.82, 2.24) is 0 Å². The van der Waals surface area contributed by atoms with Gasteiger partial charge < -0.3 is 9.15 Å². The maximum Gasteiger partial charge on any atom is 0.342 e. The van der Waals surface area contributed by atoms with E-state index in [0.717, 1.165) is 0 Å². The van der Waals surface area contributed by atoms with E-state index in [-0.39, 0.29) is 0 Å². The first-order chi connectivity index (χ1) is 7.63. The number of ether oxygens (including phenoxy) is 1. The van der Waals surface area contributed by atoms with Gasteiger partial charge in [-0.3, -0.25) is 0 Å². The number of hydrogen-bond acceptors (Lipinski definition) is 3. The smallest absolute Gasteiger partial charge is 0.342 e. The van der Waals surface area contributed by atoms with E-state index in [1.807, 2.05) is 0 Å². The average Bonchev–Trinajstić information content (AvgIpc) is 2.53. The Labute approximate surface area is 91.8 Å². The molecule has 0 N–H and O–H groups in total. The van der Waals surface area contributed by atoms with E-state index >= 15 is 0 Å². The third kappa shape index (κ3) is 1.66. The number of carbonyl (C=O) groups excluding carboxylic acids is 1. The molecule has 0 atom stereocenters. The zero-order valence-corrected chi connectivity index (χ0v) is 9.04. The van der Waals surface area contributed by atoms with Crippen LogP contribution in [0.25, 0.3) is 11.0 Å². The second-order valence-corrected chi connectivity index (χ2v) is 3.39. The molecule has 16 heavy (non-hydrogen) atoms. The summed E-state index contributed by atoms with van der Waals surface area (Å²) in [5, 5.41) is 0.581. The molecule has 1 aromatic carbocycles. The molecule has 0 unspecified atom stereocenters. The van der Waals surface area contributed by atoms with Gasteiger partial charge in [0.05, 0.1) is 6.61 Å². The van der Waals surface area contributed by atoms with E-state index in [9.17, 15) is 9.18 Å². The molecule has 2 rings (SSSR count). The highest BCUT2D eigenvalue weighted by Crippen LogP contribution is 2.26. The topological polar surface area (TPSA) is 39.4 Å². The fraction of sp³-hybridized carbons (Fsp3) is 0.250. The minimum Gasteiger partial charge on any atom is -0.462 e. The highest BCUT2D eigenvalue weighted by Gasteiger charge is 2.19. The molecule has 0 radical (unpaired) electrons. The van der Waals surface area contributed by atoms with Crippen LogP contribution in [0.15, 0.2) is 22.6 Å². The minimum atomic E-state index is -0.439. The molecule has 0 aliphatic carbocycles. The molecule has 0 saturated heterocycles. The molecule has 4 heteroatoms. The van der Waals surface area contributed by atoms with Crippen LogP contribution in [-0.2, 0) is 4.74 Å². The van der Waals surface area contributed by atoms with Crippen molar-refractivity contribution in [2.24, 2.45) is 0 Å². The minimum absolute atomic E-state index is 0.298. The summed E-state index contributed by atoms with van der Waals surface area (Å²) in [6, 6.07) is 4.07. The first-order valence-electron chi connectivity index (χ1n) is 4.99. The van der Waals surface area contributed by atoms with Crippen molar-refractivity contribution in [3.63, 3.8) is 0 Å². The van der Waals surface area contributed by atoms with Gasteiger partial charge in [0.25, 0.3) is 0 Å². The number of benzene rings is 1. The predicted molar refractivity (Wildman–Crippen MR) is 56.9 cm³/mol. The maximum atomic E-state index is 13.0. The number of halogens is 1. The fourth-order valence-electron chi connectivity index (χ4n) is 1.65. The van der Waals surface area contributed by atoms with Crippen molar-refractivity contribution in [3.8, 4) is 0 Å². The van der Waals surface area contributed by atoms with Gasteiger partial charge in [-0.25, -0.2) is 9.18 Å². The van der Waals surface area contributed by atoms with E-state index < -0.39 is 11.8 Å². The second-order valence-electron chi connectivity index (χ2n) is 3.39. The van der Waals surface area contributed by atoms with Gasteiger partial charge in [0.1, 0.15) is 22.7 Å².